The van der Waals surface area contributed by atoms with Crippen LogP contribution in [0, 0.1) is 6.92 Å². The van der Waals surface area contributed by atoms with Gasteiger partial charge in [0.15, 0.2) is 0 Å². The summed E-state index contributed by atoms with van der Waals surface area (Å²) < 4.78 is 5.84. The maximum Gasteiger partial charge on any atom is 0.0897 e. The Kier molecular flexibility index (Phi) is 4.50. The molecular weight excluding hydrogens is 234 g/mol. The van der Waals surface area contributed by atoms with E-state index in [0.717, 1.165) is 36.6 Å². The molecule has 1 aromatic rings. The highest BCUT2D eigenvalue weighted by molar-refractivity contribution is 7.09. The summed E-state index contributed by atoms with van der Waals surface area (Å²) >= 11 is 1.71. The molecule has 1 aliphatic rings. The molecule has 0 saturated carbocycles. The van der Waals surface area contributed by atoms with Gasteiger partial charge >= 0.3 is 0 Å². The summed E-state index contributed by atoms with van der Waals surface area (Å²) in [6.07, 6.45) is 2.84. The van der Waals surface area contributed by atoms with Crippen molar-refractivity contribution in [3.8, 4) is 0 Å². The second-order valence-electron chi connectivity index (χ2n) is 4.75. The molecule has 1 saturated heterocycles. The van der Waals surface area contributed by atoms with E-state index in [2.05, 4.69) is 22.3 Å². The van der Waals surface area contributed by atoms with Gasteiger partial charge in [-0.05, 0) is 26.8 Å². The van der Waals surface area contributed by atoms with Crippen molar-refractivity contribution in [2.45, 2.75) is 38.5 Å². The molecule has 1 aliphatic heterocycles. The Bertz CT molecular complexity index is 355. The van der Waals surface area contributed by atoms with E-state index in [-0.39, 0.29) is 6.10 Å². The van der Waals surface area contributed by atoms with E-state index in [1.807, 2.05) is 6.92 Å². The molecule has 2 N–H and O–H groups in total. The van der Waals surface area contributed by atoms with E-state index in [9.17, 15) is 0 Å². The van der Waals surface area contributed by atoms with Crippen LogP contribution in [0.2, 0.25) is 0 Å². The van der Waals surface area contributed by atoms with E-state index in [1.165, 1.54) is 0 Å². The van der Waals surface area contributed by atoms with Crippen LogP contribution in [0.4, 0.5) is 0 Å². The maximum absolute atomic E-state index is 5.84. The number of aromatic nitrogens is 1. The second kappa shape index (κ2) is 5.91. The number of nitrogens with two attached hydrogens (primary N) is 1. The van der Waals surface area contributed by atoms with Crippen molar-refractivity contribution in [3.05, 3.63) is 16.1 Å². The topological polar surface area (TPSA) is 51.4 Å². The number of aryl methyl sites for hydroxylation is 1. The predicted molar refractivity (Wildman–Crippen MR) is 70.1 cm³/mol. The van der Waals surface area contributed by atoms with Crippen LogP contribution >= 0.6 is 11.3 Å². The van der Waals surface area contributed by atoms with Gasteiger partial charge in [0.05, 0.1) is 22.9 Å². The van der Waals surface area contributed by atoms with Crippen molar-refractivity contribution in [2.24, 2.45) is 5.73 Å². The average Bonchev–Trinajstić information content (AvgIpc) is 2.88. The summed E-state index contributed by atoms with van der Waals surface area (Å²) in [7, 11) is 2.12. The quantitative estimate of drug-likeness (QED) is 0.864. The van der Waals surface area contributed by atoms with Crippen molar-refractivity contribution < 1.29 is 4.74 Å². The lowest BCUT2D eigenvalue weighted by molar-refractivity contribution is 0.0304. The van der Waals surface area contributed by atoms with E-state index in [0.29, 0.717) is 12.6 Å². The standard InChI is InChI=1S/C12H21N3OS/c1-9-14-10(8-17-9)6-15(2)7-12-4-3-11(5-13)16-12/h8,11-12H,3-7,13H2,1-2H3. The number of rotatable bonds is 5. The van der Waals surface area contributed by atoms with Gasteiger partial charge in [0.2, 0.25) is 0 Å². The maximum atomic E-state index is 5.84. The SMILES string of the molecule is Cc1nc(CN(C)CC2CCC(CN)O2)cs1. The van der Waals surface area contributed by atoms with Crippen molar-refractivity contribution >= 4 is 11.3 Å². The lowest BCUT2D eigenvalue weighted by atomic mass is 10.2. The molecule has 2 heterocycles. The van der Waals surface area contributed by atoms with Crippen molar-refractivity contribution in [2.75, 3.05) is 20.1 Å². The number of likely N-dealkylation sites (N-methyl/N-ethyl adjacent to an activating group) is 1. The minimum absolute atomic E-state index is 0.273. The summed E-state index contributed by atoms with van der Waals surface area (Å²) in [5.41, 5.74) is 6.76. The Labute approximate surface area is 107 Å². The molecule has 4 nitrogen and oxygen atoms in total. The van der Waals surface area contributed by atoms with Crippen LogP contribution in [0.5, 0.6) is 0 Å². The molecule has 0 aromatic carbocycles. The fraction of sp³-hybridized carbons (Fsp3) is 0.750. The smallest absolute Gasteiger partial charge is 0.0897 e. The molecule has 2 unspecified atom stereocenters. The molecule has 1 aromatic heterocycles. The zero-order valence-corrected chi connectivity index (χ0v) is 11.4. The summed E-state index contributed by atoms with van der Waals surface area (Å²) in [5.74, 6) is 0. The minimum atomic E-state index is 0.273. The molecule has 0 radical (unpaired) electrons. The van der Waals surface area contributed by atoms with Gasteiger partial charge in [0, 0.05) is 25.0 Å². The van der Waals surface area contributed by atoms with Crippen LogP contribution in [0.3, 0.4) is 0 Å². The Balaban J connectivity index is 1.76. The molecule has 5 heteroatoms. The number of hydrogen-bond acceptors (Lipinski definition) is 5. The molecule has 0 spiro atoms. The zero-order chi connectivity index (χ0) is 12.3. The Morgan fingerprint density at radius 2 is 2.29 bits per heavy atom. The Morgan fingerprint density at radius 3 is 2.88 bits per heavy atom. The highest BCUT2D eigenvalue weighted by Gasteiger charge is 2.25. The van der Waals surface area contributed by atoms with Crippen LogP contribution in [-0.2, 0) is 11.3 Å². The first-order chi connectivity index (χ1) is 8.17. The first-order valence-electron chi connectivity index (χ1n) is 6.12. The van der Waals surface area contributed by atoms with E-state index in [1.54, 1.807) is 11.3 Å². The Hall–Kier alpha value is -0.490. The second-order valence-corrected chi connectivity index (χ2v) is 5.81. The fourth-order valence-corrected chi connectivity index (χ4v) is 2.86. The number of nitrogens with zero attached hydrogens (tertiary/aromatic N) is 2. The summed E-state index contributed by atoms with van der Waals surface area (Å²) in [5, 5.41) is 3.26. The van der Waals surface area contributed by atoms with E-state index < -0.39 is 0 Å². The minimum Gasteiger partial charge on any atom is -0.372 e. The average molecular weight is 255 g/mol. The van der Waals surface area contributed by atoms with Gasteiger partial charge in [-0.1, -0.05) is 0 Å². The van der Waals surface area contributed by atoms with Gasteiger partial charge in [-0.25, -0.2) is 4.98 Å². The number of hydrogen-bond donors (Lipinski definition) is 1. The van der Waals surface area contributed by atoms with Crippen LogP contribution in [0.15, 0.2) is 5.38 Å². The highest BCUT2D eigenvalue weighted by atomic mass is 32.1. The third-order valence-corrected chi connectivity index (χ3v) is 3.89. The van der Waals surface area contributed by atoms with E-state index >= 15 is 0 Å². The van der Waals surface area contributed by atoms with Gasteiger partial charge in [-0.2, -0.15) is 0 Å². The fourth-order valence-electron chi connectivity index (χ4n) is 2.26. The molecule has 0 aliphatic carbocycles. The zero-order valence-electron chi connectivity index (χ0n) is 10.6. The van der Waals surface area contributed by atoms with Crippen LogP contribution < -0.4 is 5.73 Å². The molecule has 2 atom stereocenters. The monoisotopic (exact) mass is 255 g/mol. The van der Waals surface area contributed by atoms with Gasteiger partial charge in [0.25, 0.3) is 0 Å². The largest absolute Gasteiger partial charge is 0.372 e. The molecule has 96 valence electrons. The Morgan fingerprint density at radius 1 is 1.53 bits per heavy atom. The first kappa shape index (κ1) is 13.0. The lowest BCUT2D eigenvalue weighted by Crippen LogP contribution is -2.30. The van der Waals surface area contributed by atoms with Crippen LogP contribution in [0.25, 0.3) is 0 Å². The van der Waals surface area contributed by atoms with Crippen molar-refractivity contribution in [1.29, 1.82) is 0 Å². The highest BCUT2D eigenvalue weighted by Crippen LogP contribution is 2.20. The van der Waals surface area contributed by atoms with E-state index in [4.69, 9.17) is 10.5 Å². The van der Waals surface area contributed by atoms with Crippen molar-refractivity contribution in [3.63, 3.8) is 0 Å². The molecule has 0 amide bonds. The lowest BCUT2D eigenvalue weighted by Gasteiger charge is -2.20. The summed E-state index contributed by atoms with van der Waals surface area (Å²) in [6.45, 7) is 4.55. The van der Waals surface area contributed by atoms with Gasteiger partial charge in [-0.15, -0.1) is 11.3 Å². The normalized spacial score (nSPS) is 24.7. The molecular formula is C12H21N3OS. The van der Waals surface area contributed by atoms with Crippen molar-refractivity contribution in [1.82, 2.24) is 9.88 Å². The van der Waals surface area contributed by atoms with Gasteiger partial charge < -0.3 is 10.5 Å². The molecule has 0 bridgehead atoms. The summed E-state index contributed by atoms with van der Waals surface area (Å²) in [6, 6.07) is 0. The molecule has 1 fully saturated rings. The van der Waals surface area contributed by atoms with Crippen LogP contribution in [0.1, 0.15) is 23.5 Å². The number of thiazole rings is 1. The molecule has 17 heavy (non-hydrogen) atoms. The van der Waals surface area contributed by atoms with Gasteiger partial charge in [-0.3, -0.25) is 4.90 Å². The van der Waals surface area contributed by atoms with Gasteiger partial charge in [0.1, 0.15) is 0 Å². The predicted octanol–water partition coefficient (Wildman–Crippen LogP) is 1.39. The third-order valence-electron chi connectivity index (χ3n) is 3.07. The summed E-state index contributed by atoms with van der Waals surface area (Å²) in [4.78, 5) is 6.75. The first-order valence-corrected chi connectivity index (χ1v) is 7.00. The third kappa shape index (κ3) is 3.74. The van der Waals surface area contributed by atoms with Crippen LogP contribution in [-0.4, -0.2) is 42.2 Å². The number of ether oxygens (including phenoxy) is 1. The molecule has 2 rings (SSSR count).